The first-order valence-corrected chi connectivity index (χ1v) is 9.06. The molecule has 0 spiro atoms. The second kappa shape index (κ2) is 11.3. The van der Waals surface area contributed by atoms with Gasteiger partial charge < -0.3 is 20.5 Å². The second-order valence-electron chi connectivity index (χ2n) is 6.90. The van der Waals surface area contributed by atoms with Crippen LogP contribution in [-0.4, -0.2) is 53.6 Å². The summed E-state index contributed by atoms with van der Waals surface area (Å²) in [6.07, 6.45) is 4.18. The van der Waals surface area contributed by atoms with Crippen LogP contribution in [0.4, 0.5) is 0 Å². The lowest BCUT2D eigenvalue weighted by Crippen LogP contribution is -2.47. The van der Waals surface area contributed by atoms with E-state index in [1.165, 1.54) is 0 Å². The zero-order chi connectivity index (χ0) is 18.2. The summed E-state index contributed by atoms with van der Waals surface area (Å²) in [5.41, 5.74) is 5.33. The second-order valence-corrected chi connectivity index (χ2v) is 6.90. The molecule has 1 amide bonds. The largest absolute Gasteiger partial charge is 0.370 e. The molecular weight excluding hydrogens is 447 g/mol. The van der Waals surface area contributed by atoms with Crippen LogP contribution < -0.4 is 11.1 Å². The molecule has 1 aromatic heterocycles. The van der Waals surface area contributed by atoms with Crippen molar-refractivity contribution in [3.05, 3.63) is 11.7 Å². The number of nitrogens with two attached hydrogens (primary N) is 1. The van der Waals surface area contributed by atoms with E-state index in [0.29, 0.717) is 18.2 Å². The number of hydrogen-bond acceptors (Lipinski definition) is 5. The normalized spacial score (nSPS) is 17.9. The highest BCUT2D eigenvalue weighted by Crippen LogP contribution is 2.19. The predicted octanol–water partition coefficient (Wildman–Crippen LogP) is 1.91. The molecule has 1 atom stereocenters. The van der Waals surface area contributed by atoms with Crippen molar-refractivity contribution in [2.45, 2.75) is 51.9 Å². The van der Waals surface area contributed by atoms with Gasteiger partial charge in [0.1, 0.15) is 0 Å². The third-order valence-corrected chi connectivity index (χ3v) is 4.37. The summed E-state index contributed by atoms with van der Waals surface area (Å²) in [5, 5.41) is 7.36. The molecule has 8 nitrogen and oxygen atoms in total. The number of likely N-dealkylation sites (tertiary alicyclic amines) is 1. The maximum atomic E-state index is 11.1. The Balaban J connectivity index is 0.00000338. The Kier molecular flexibility index (Phi) is 9.89. The molecule has 0 bridgehead atoms. The van der Waals surface area contributed by atoms with Gasteiger partial charge in [-0.3, -0.25) is 9.79 Å². The zero-order valence-electron chi connectivity index (χ0n) is 15.9. The fraction of sp³-hybridized carbons (Fsp3) is 0.765. The standard InChI is InChI=1S/C17H30N6O2.HI/c1-12(2)16-21-15(25-22-16)7-4-8-20-17(19-3)23-9-5-6-13(11-23)10-14(18)24;/h12-13H,4-11H2,1-3H3,(H2,18,24)(H,19,20);1H. The van der Waals surface area contributed by atoms with Gasteiger partial charge in [-0.1, -0.05) is 19.0 Å². The molecule has 26 heavy (non-hydrogen) atoms. The lowest BCUT2D eigenvalue weighted by Gasteiger charge is -2.34. The number of aryl methyl sites for hydroxylation is 1. The lowest BCUT2D eigenvalue weighted by molar-refractivity contribution is -0.119. The minimum absolute atomic E-state index is 0. The van der Waals surface area contributed by atoms with Gasteiger partial charge in [-0.05, 0) is 25.2 Å². The van der Waals surface area contributed by atoms with Gasteiger partial charge in [0.2, 0.25) is 11.8 Å². The van der Waals surface area contributed by atoms with Gasteiger partial charge in [-0.25, -0.2) is 0 Å². The molecule has 1 aliphatic rings. The van der Waals surface area contributed by atoms with Crippen molar-refractivity contribution in [1.82, 2.24) is 20.4 Å². The molecule has 0 saturated carbocycles. The summed E-state index contributed by atoms with van der Waals surface area (Å²) in [5.74, 6) is 2.68. The number of carbonyl (C=O) groups excluding carboxylic acids is 1. The van der Waals surface area contributed by atoms with E-state index >= 15 is 0 Å². The first-order chi connectivity index (χ1) is 12.0. The SMILES string of the molecule is CN=C(NCCCc1nc(C(C)C)no1)N1CCCC(CC(N)=O)C1.I. The molecule has 0 aromatic carbocycles. The van der Waals surface area contributed by atoms with E-state index in [9.17, 15) is 4.79 Å². The monoisotopic (exact) mass is 478 g/mol. The minimum Gasteiger partial charge on any atom is -0.370 e. The molecule has 9 heteroatoms. The third-order valence-electron chi connectivity index (χ3n) is 4.37. The van der Waals surface area contributed by atoms with E-state index in [4.69, 9.17) is 10.3 Å². The Morgan fingerprint density at radius 1 is 1.50 bits per heavy atom. The predicted molar refractivity (Wildman–Crippen MR) is 112 cm³/mol. The fourth-order valence-electron chi connectivity index (χ4n) is 3.08. The maximum absolute atomic E-state index is 11.1. The highest BCUT2D eigenvalue weighted by molar-refractivity contribution is 14.0. The summed E-state index contributed by atoms with van der Waals surface area (Å²) in [6, 6.07) is 0. The molecule has 2 heterocycles. The summed E-state index contributed by atoms with van der Waals surface area (Å²) >= 11 is 0. The molecule has 0 radical (unpaired) electrons. The molecular formula is C17H31IN6O2. The summed E-state index contributed by atoms with van der Waals surface area (Å²) in [4.78, 5) is 22.1. The van der Waals surface area contributed by atoms with E-state index in [0.717, 1.165) is 57.1 Å². The Morgan fingerprint density at radius 3 is 2.88 bits per heavy atom. The van der Waals surface area contributed by atoms with Crippen molar-refractivity contribution < 1.29 is 9.32 Å². The lowest BCUT2D eigenvalue weighted by atomic mass is 9.95. The van der Waals surface area contributed by atoms with E-state index in [1.807, 2.05) is 13.8 Å². The number of halogens is 1. The average Bonchev–Trinajstić information content (AvgIpc) is 3.04. The molecule has 1 aliphatic heterocycles. The number of amides is 1. The van der Waals surface area contributed by atoms with Crippen molar-refractivity contribution >= 4 is 35.8 Å². The van der Waals surface area contributed by atoms with Crippen LogP contribution in [0.3, 0.4) is 0 Å². The van der Waals surface area contributed by atoms with E-state index in [1.54, 1.807) is 7.05 Å². The number of aliphatic imine (C=N–C) groups is 1. The Hall–Kier alpha value is -1.39. The molecule has 3 N–H and O–H groups in total. The smallest absolute Gasteiger partial charge is 0.226 e. The summed E-state index contributed by atoms with van der Waals surface area (Å²) in [7, 11) is 1.78. The van der Waals surface area contributed by atoms with Crippen molar-refractivity contribution in [3.63, 3.8) is 0 Å². The molecule has 0 aliphatic carbocycles. The Morgan fingerprint density at radius 2 is 2.27 bits per heavy atom. The first kappa shape index (κ1) is 22.7. The van der Waals surface area contributed by atoms with Gasteiger partial charge in [0, 0.05) is 45.4 Å². The zero-order valence-corrected chi connectivity index (χ0v) is 18.2. The average molecular weight is 478 g/mol. The van der Waals surface area contributed by atoms with Crippen molar-refractivity contribution in [2.24, 2.45) is 16.6 Å². The molecule has 2 rings (SSSR count). The van der Waals surface area contributed by atoms with Gasteiger partial charge >= 0.3 is 0 Å². The fourth-order valence-corrected chi connectivity index (χ4v) is 3.08. The summed E-state index contributed by atoms with van der Waals surface area (Å²) in [6.45, 7) is 6.65. The van der Waals surface area contributed by atoms with Crippen LogP contribution in [0.15, 0.2) is 9.52 Å². The molecule has 1 fully saturated rings. The van der Waals surface area contributed by atoms with Crippen LogP contribution in [0.5, 0.6) is 0 Å². The number of nitrogens with zero attached hydrogens (tertiary/aromatic N) is 4. The van der Waals surface area contributed by atoms with Crippen LogP contribution in [0.1, 0.15) is 57.2 Å². The van der Waals surface area contributed by atoms with Crippen LogP contribution in [-0.2, 0) is 11.2 Å². The van der Waals surface area contributed by atoms with Gasteiger partial charge in [0.05, 0.1) is 0 Å². The topological polar surface area (TPSA) is 110 Å². The van der Waals surface area contributed by atoms with Crippen LogP contribution in [0.25, 0.3) is 0 Å². The Labute approximate surface area is 172 Å². The molecule has 1 saturated heterocycles. The van der Waals surface area contributed by atoms with E-state index < -0.39 is 0 Å². The highest BCUT2D eigenvalue weighted by Gasteiger charge is 2.23. The number of rotatable bonds is 7. The minimum atomic E-state index is -0.227. The van der Waals surface area contributed by atoms with Gasteiger partial charge in [-0.2, -0.15) is 4.98 Å². The van der Waals surface area contributed by atoms with E-state index in [-0.39, 0.29) is 35.8 Å². The first-order valence-electron chi connectivity index (χ1n) is 9.06. The maximum Gasteiger partial charge on any atom is 0.226 e. The number of guanidine groups is 1. The number of nitrogens with one attached hydrogen (secondary N) is 1. The molecule has 1 unspecified atom stereocenters. The van der Waals surface area contributed by atoms with Gasteiger partial charge in [-0.15, -0.1) is 24.0 Å². The van der Waals surface area contributed by atoms with Crippen LogP contribution >= 0.6 is 24.0 Å². The van der Waals surface area contributed by atoms with Crippen LogP contribution in [0, 0.1) is 5.92 Å². The number of piperidine rings is 1. The quantitative estimate of drug-likeness (QED) is 0.268. The van der Waals surface area contributed by atoms with Crippen molar-refractivity contribution in [2.75, 3.05) is 26.7 Å². The van der Waals surface area contributed by atoms with Crippen LogP contribution in [0.2, 0.25) is 0 Å². The molecule has 1 aromatic rings. The van der Waals surface area contributed by atoms with Gasteiger partial charge in [0.15, 0.2) is 11.8 Å². The van der Waals surface area contributed by atoms with Crippen molar-refractivity contribution in [1.29, 1.82) is 0 Å². The number of hydrogen-bond donors (Lipinski definition) is 2. The third kappa shape index (κ3) is 7.08. The number of carbonyl (C=O) groups is 1. The number of primary amides is 1. The number of aromatic nitrogens is 2. The van der Waals surface area contributed by atoms with E-state index in [2.05, 4.69) is 25.3 Å². The summed E-state index contributed by atoms with van der Waals surface area (Å²) < 4.78 is 5.25. The highest BCUT2D eigenvalue weighted by atomic mass is 127. The Bertz CT molecular complexity index is 590. The molecule has 148 valence electrons. The van der Waals surface area contributed by atoms with Gasteiger partial charge in [0.25, 0.3) is 0 Å². The van der Waals surface area contributed by atoms with Crippen molar-refractivity contribution in [3.8, 4) is 0 Å².